The van der Waals surface area contributed by atoms with E-state index in [4.69, 9.17) is 9.26 Å². The maximum Gasteiger partial charge on any atom is 0.306 e. The van der Waals surface area contributed by atoms with Gasteiger partial charge in [0.15, 0.2) is 5.82 Å². The fourth-order valence-electron chi connectivity index (χ4n) is 2.25. The number of rotatable bonds is 5. The Bertz CT molecular complexity index is 765. The molecule has 0 saturated heterocycles. The van der Waals surface area contributed by atoms with E-state index in [1.807, 2.05) is 20.8 Å². The number of alkyl halides is 3. The Morgan fingerprint density at radius 2 is 1.92 bits per heavy atom. The van der Waals surface area contributed by atoms with E-state index >= 15 is 0 Å². The fraction of sp³-hybridized carbons (Fsp3) is 0.588. The SMILES string of the molecule is CC(C)(C)c1noc(-c2cc(O[C@@](C)(F)C(F)F)c(C3CC3)cn2)n1. The highest BCUT2D eigenvalue weighted by Crippen LogP contribution is 2.45. The van der Waals surface area contributed by atoms with Crippen molar-refractivity contribution in [2.45, 2.75) is 64.1 Å². The van der Waals surface area contributed by atoms with Crippen molar-refractivity contribution in [2.24, 2.45) is 0 Å². The average molecular weight is 355 g/mol. The molecular weight excluding hydrogens is 335 g/mol. The molecule has 0 N–H and O–H groups in total. The van der Waals surface area contributed by atoms with Gasteiger partial charge < -0.3 is 9.26 Å². The summed E-state index contributed by atoms with van der Waals surface area (Å²) in [6.45, 7) is 6.49. The molecule has 1 aliphatic carbocycles. The first-order valence-corrected chi connectivity index (χ1v) is 8.08. The van der Waals surface area contributed by atoms with Crippen molar-refractivity contribution >= 4 is 0 Å². The molecule has 2 heterocycles. The molecule has 0 radical (unpaired) electrons. The summed E-state index contributed by atoms with van der Waals surface area (Å²) in [6, 6.07) is 1.38. The van der Waals surface area contributed by atoms with E-state index in [-0.39, 0.29) is 28.7 Å². The first kappa shape index (κ1) is 17.7. The lowest BCUT2D eigenvalue weighted by atomic mass is 9.96. The molecule has 0 aromatic carbocycles. The number of nitrogens with zero attached hydrogens (tertiary/aromatic N) is 3. The molecule has 5 nitrogen and oxygen atoms in total. The first-order valence-electron chi connectivity index (χ1n) is 8.08. The smallest absolute Gasteiger partial charge is 0.306 e. The topological polar surface area (TPSA) is 61.0 Å². The molecule has 0 unspecified atom stereocenters. The van der Waals surface area contributed by atoms with Crippen molar-refractivity contribution in [3.8, 4) is 17.3 Å². The third-order valence-electron chi connectivity index (χ3n) is 3.93. The van der Waals surface area contributed by atoms with E-state index in [9.17, 15) is 13.2 Å². The summed E-state index contributed by atoms with van der Waals surface area (Å²) >= 11 is 0. The zero-order chi connectivity index (χ0) is 18.4. The third-order valence-corrected chi connectivity index (χ3v) is 3.93. The van der Waals surface area contributed by atoms with Crippen molar-refractivity contribution in [1.82, 2.24) is 15.1 Å². The number of pyridine rings is 1. The van der Waals surface area contributed by atoms with Crippen molar-refractivity contribution < 1.29 is 22.4 Å². The molecule has 1 aliphatic rings. The van der Waals surface area contributed by atoms with Gasteiger partial charge in [-0.15, -0.1) is 0 Å². The summed E-state index contributed by atoms with van der Waals surface area (Å²) in [5, 5.41) is 3.91. The van der Waals surface area contributed by atoms with Crippen LogP contribution < -0.4 is 4.74 Å². The standard InChI is InChI=1S/C17H20F3N3O2/c1-16(2,3)15-22-13(25-23-15)11-7-12(24-17(4,20)14(18)19)10(8-21-11)9-5-6-9/h7-9,14H,5-6H2,1-4H3/t17-/m1/s1. The van der Waals surface area contributed by atoms with Gasteiger partial charge in [0, 0.05) is 30.2 Å². The lowest BCUT2D eigenvalue weighted by molar-refractivity contribution is -0.153. The van der Waals surface area contributed by atoms with E-state index in [2.05, 4.69) is 15.1 Å². The van der Waals surface area contributed by atoms with Crippen LogP contribution in [0.3, 0.4) is 0 Å². The molecule has 1 atom stereocenters. The lowest BCUT2D eigenvalue weighted by Gasteiger charge is -2.23. The van der Waals surface area contributed by atoms with Gasteiger partial charge in [0.1, 0.15) is 11.4 Å². The van der Waals surface area contributed by atoms with Crippen LogP contribution in [0.15, 0.2) is 16.8 Å². The van der Waals surface area contributed by atoms with Crippen molar-refractivity contribution in [1.29, 1.82) is 0 Å². The number of hydrogen-bond donors (Lipinski definition) is 0. The monoisotopic (exact) mass is 355 g/mol. The third kappa shape index (κ3) is 3.77. The molecule has 8 heteroatoms. The molecule has 2 aromatic rings. The maximum atomic E-state index is 14.0. The number of ether oxygens (including phenoxy) is 1. The fourth-order valence-corrected chi connectivity index (χ4v) is 2.25. The summed E-state index contributed by atoms with van der Waals surface area (Å²) in [7, 11) is 0. The number of aromatic nitrogens is 3. The Kier molecular flexibility index (Phi) is 4.25. The molecule has 136 valence electrons. The quantitative estimate of drug-likeness (QED) is 0.782. The van der Waals surface area contributed by atoms with Gasteiger partial charge in [-0.05, 0) is 18.8 Å². The summed E-state index contributed by atoms with van der Waals surface area (Å²) in [5.41, 5.74) is 0.554. The van der Waals surface area contributed by atoms with E-state index < -0.39 is 12.3 Å². The summed E-state index contributed by atoms with van der Waals surface area (Å²) in [4.78, 5) is 8.53. The van der Waals surface area contributed by atoms with Gasteiger partial charge in [-0.2, -0.15) is 9.37 Å². The van der Waals surface area contributed by atoms with Gasteiger partial charge in [0.05, 0.1) is 0 Å². The van der Waals surface area contributed by atoms with Crippen LogP contribution in [0.25, 0.3) is 11.6 Å². The Morgan fingerprint density at radius 3 is 2.44 bits per heavy atom. The van der Waals surface area contributed by atoms with Crippen LogP contribution in [0.2, 0.25) is 0 Å². The van der Waals surface area contributed by atoms with Gasteiger partial charge in [0.2, 0.25) is 0 Å². The number of hydrogen-bond acceptors (Lipinski definition) is 5. The van der Waals surface area contributed by atoms with Crippen LogP contribution in [-0.2, 0) is 5.41 Å². The predicted molar refractivity (Wildman–Crippen MR) is 84.3 cm³/mol. The van der Waals surface area contributed by atoms with Crippen molar-refractivity contribution in [3.05, 3.63) is 23.7 Å². The molecule has 0 spiro atoms. The molecule has 2 aromatic heterocycles. The van der Waals surface area contributed by atoms with Crippen LogP contribution in [0.1, 0.15) is 57.8 Å². The average Bonchev–Trinajstić information content (AvgIpc) is 3.21. The molecule has 0 bridgehead atoms. The van der Waals surface area contributed by atoms with Crippen LogP contribution >= 0.6 is 0 Å². The van der Waals surface area contributed by atoms with E-state index in [0.29, 0.717) is 18.3 Å². The molecule has 1 fully saturated rings. The zero-order valence-electron chi connectivity index (χ0n) is 14.5. The van der Waals surface area contributed by atoms with E-state index in [0.717, 1.165) is 12.8 Å². The molecule has 3 rings (SSSR count). The normalized spacial score (nSPS) is 17.6. The second-order valence-corrected chi connectivity index (χ2v) is 7.44. The van der Waals surface area contributed by atoms with E-state index in [1.165, 1.54) is 12.3 Å². The molecule has 25 heavy (non-hydrogen) atoms. The van der Waals surface area contributed by atoms with Crippen LogP contribution in [0, 0.1) is 0 Å². The minimum atomic E-state index is -3.27. The maximum absolute atomic E-state index is 14.0. The molecule has 1 saturated carbocycles. The lowest BCUT2D eigenvalue weighted by Crippen LogP contribution is -2.35. The van der Waals surface area contributed by atoms with Crippen LogP contribution in [0.5, 0.6) is 5.75 Å². The Balaban J connectivity index is 1.97. The number of halogens is 3. The molecule has 0 aliphatic heterocycles. The summed E-state index contributed by atoms with van der Waals surface area (Å²) < 4.78 is 49.9. The zero-order valence-corrected chi connectivity index (χ0v) is 14.5. The highest BCUT2D eigenvalue weighted by Gasteiger charge is 2.39. The van der Waals surface area contributed by atoms with Gasteiger partial charge in [-0.1, -0.05) is 25.9 Å². The van der Waals surface area contributed by atoms with Gasteiger partial charge in [0.25, 0.3) is 5.89 Å². The minimum Gasteiger partial charge on any atom is -0.452 e. The van der Waals surface area contributed by atoms with Crippen LogP contribution in [0.4, 0.5) is 13.2 Å². The molecule has 0 amide bonds. The van der Waals surface area contributed by atoms with Crippen molar-refractivity contribution in [2.75, 3.05) is 0 Å². The second-order valence-electron chi connectivity index (χ2n) is 7.44. The van der Waals surface area contributed by atoms with Gasteiger partial charge in [-0.3, -0.25) is 4.98 Å². The predicted octanol–water partition coefficient (Wildman–Crippen LogP) is 4.64. The highest BCUT2D eigenvalue weighted by atomic mass is 19.3. The Morgan fingerprint density at radius 1 is 1.24 bits per heavy atom. The summed E-state index contributed by atoms with van der Waals surface area (Å²) in [5.74, 6) is -2.28. The highest BCUT2D eigenvalue weighted by molar-refractivity contribution is 5.53. The van der Waals surface area contributed by atoms with Gasteiger partial charge in [-0.25, -0.2) is 8.78 Å². The first-order chi connectivity index (χ1) is 11.6. The Hall–Kier alpha value is -2.12. The largest absolute Gasteiger partial charge is 0.452 e. The van der Waals surface area contributed by atoms with Crippen molar-refractivity contribution in [3.63, 3.8) is 0 Å². The van der Waals surface area contributed by atoms with Gasteiger partial charge >= 0.3 is 12.3 Å². The summed E-state index contributed by atoms with van der Waals surface area (Å²) in [6.07, 6.45) is 0.0189. The second kappa shape index (κ2) is 6.00. The Labute approximate surface area is 143 Å². The van der Waals surface area contributed by atoms with Crippen LogP contribution in [-0.4, -0.2) is 27.4 Å². The minimum absolute atomic E-state index is 0.0355. The van der Waals surface area contributed by atoms with E-state index in [1.54, 1.807) is 0 Å². The molecular formula is C17H20F3N3O2.